The molecule has 0 unspecified atom stereocenters. The molecule has 0 atom stereocenters. The molecule has 0 N–H and O–H groups in total. The minimum Gasteiger partial charge on any atom is -0.485 e. The van der Waals surface area contributed by atoms with E-state index in [0.29, 0.717) is 17.6 Å². The van der Waals surface area contributed by atoms with Crippen molar-refractivity contribution in [2.75, 3.05) is 0 Å². The number of aromatic nitrogens is 2. The zero-order valence-electron chi connectivity index (χ0n) is 10.7. The largest absolute Gasteiger partial charge is 0.485 e. The summed E-state index contributed by atoms with van der Waals surface area (Å²) in [6.07, 6.45) is 0. The molecule has 1 aromatic heterocycles. The molecular formula is C14H15ClN2O. The summed E-state index contributed by atoms with van der Waals surface area (Å²) in [7, 11) is 0. The Hall–Kier alpha value is -1.61. The number of halogens is 1. The zero-order valence-corrected chi connectivity index (χ0v) is 11.5. The molecule has 3 nitrogen and oxygen atoms in total. The highest BCUT2D eigenvalue weighted by Crippen LogP contribution is 2.20. The van der Waals surface area contributed by atoms with Crippen molar-refractivity contribution in [2.45, 2.75) is 27.4 Å². The first-order valence-corrected chi connectivity index (χ1v) is 6.12. The normalized spacial score (nSPS) is 10.4. The van der Waals surface area contributed by atoms with Gasteiger partial charge in [-0.3, -0.25) is 0 Å². The average molecular weight is 263 g/mol. The third-order valence-corrected chi connectivity index (χ3v) is 2.76. The Morgan fingerprint density at radius 3 is 2.61 bits per heavy atom. The van der Waals surface area contributed by atoms with Crippen molar-refractivity contribution < 1.29 is 4.74 Å². The summed E-state index contributed by atoms with van der Waals surface area (Å²) in [5.74, 6) is 1.46. The van der Waals surface area contributed by atoms with Gasteiger partial charge in [0.15, 0.2) is 5.82 Å². The van der Waals surface area contributed by atoms with Crippen molar-refractivity contribution in [3.8, 4) is 5.75 Å². The summed E-state index contributed by atoms with van der Waals surface area (Å²) in [4.78, 5) is 8.41. The van der Waals surface area contributed by atoms with E-state index in [4.69, 9.17) is 16.3 Å². The molecule has 94 valence electrons. The van der Waals surface area contributed by atoms with Gasteiger partial charge in [0.1, 0.15) is 17.5 Å². The third kappa shape index (κ3) is 3.20. The molecule has 2 aromatic rings. The predicted octanol–water partition coefficient (Wildman–Crippen LogP) is 3.63. The summed E-state index contributed by atoms with van der Waals surface area (Å²) in [6.45, 7) is 6.26. The lowest BCUT2D eigenvalue weighted by atomic mass is 10.1. The van der Waals surface area contributed by atoms with E-state index in [0.717, 1.165) is 17.0 Å². The Morgan fingerprint density at radius 1 is 1.11 bits per heavy atom. The van der Waals surface area contributed by atoms with Crippen LogP contribution in [0.3, 0.4) is 0 Å². The van der Waals surface area contributed by atoms with Crippen LogP contribution >= 0.6 is 11.6 Å². The second kappa shape index (κ2) is 5.36. The predicted molar refractivity (Wildman–Crippen MR) is 72.0 cm³/mol. The van der Waals surface area contributed by atoms with Crippen molar-refractivity contribution in [3.05, 3.63) is 52.1 Å². The van der Waals surface area contributed by atoms with Crippen LogP contribution in [0.4, 0.5) is 0 Å². The van der Waals surface area contributed by atoms with Crippen LogP contribution in [0.25, 0.3) is 0 Å². The molecule has 0 radical (unpaired) electrons. The van der Waals surface area contributed by atoms with E-state index in [1.54, 1.807) is 6.07 Å². The lowest BCUT2D eigenvalue weighted by molar-refractivity contribution is 0.293. The first kappa shape index (κ1) is 12.8. The van der Waals surface area contributed by atoms with E-state index < -0.39 is 0 Å². The molecule has 2 rings (SSSR count). The number of nitrogens with zero attached hydrogens (tertiary/aromatic N) is 2. The minimum atomic E-state index is 0.325. The quantitative estimate of drug-likeness (QED) is 0.793. The molecule has 4 heteroatoms. The number of hydrogen-bond acceptors (Lipinski definition) is 3. The summed E-state index contributed by atoms with van der Waals surface area (Å²) < 4.78 is 5.73. The molecule has 1 heterocycles. The molecule has 0 aliphatic carbocycles. The van der Waals surface area contributed by atoms with Gasteiger partial charge in [-0.1, -0.05) is 23.7 Å². The topological polar surface area (TPSA) is 35.0 Å². The van der Waals surface area contributed by atoms with Crippen molar-refractivity contribution in [1.29, 1.82) is 0 Å². The van der Waals surface area contributed by atoms with E-state index in [1.807, 2.05) is 32.9 Å². The van der Waals surface area contributed by atoms with Crippen molar-refractivity contribution in [3.63, 3.8) is 0 Å². The number of hydrogen-bond donors (Lipinski definition) is 0. The van der Waals surface area contributed by atoms with Crippen LogP contribution in [0, 0.1) is 20.8 Å². The SMILES string of the molecule is Cc1ccc(C)c(OCc2nc(C)cc(Cl)n2)c1. The van der Waals surface area contributed by atoms with E-state index in [-0.39, 0.29) is 0 Å². The minimum absolute atomic E-state index is 0.325. The third-order valence-electron chi connectivity index (χ3n) is 2.57. The summed E-state index contributed by atoms with van der Waals surface area (Å²) in [6, 6.07) is 7.83. The van der Waals surface area contributed by atoms with Crippen LogP contribution in [-0.2, 0) is 6.61 Å². The molecule has 1 aromatic carbocycles. The lowest BCUT2D eigenvalue weighted by Crippen LogP contribution is -2.03. The highest BCUT2D eigenvalue weighted by Gasteiger charge is 2.04. The standard InChI is InChI=1S/C14H15ClN2O/c1-9-4-5-10(2)12(6-9)18-8-14-16-11(3)7-13(15)17-14/h4-7H,8H2,1-3H3. The highest BCUT2D eigenvalue weighted by atomic mass is 35.5. The molecule has 0 aliphatic heterocycles. The van der Waals surface area contributed by atoms with Crippen LogP contribution in [0.1, 0.15) is 22.6 Å². The fourth-order valence-corrected chi connectivity index (χ4v) is 1.91. The van der Waals surface area contributed by atoms with Crippen LogP contribution in [0.15, 0.2) is 24.3 Å². The first-order valence-electron chi connectivity index (χ1n) is 5.75. The maximum atomic E-state index is 5.88. The van der Waals surface area contributed by atoms with Crippen LogP contribution < -0.4 is 4.74 Å². The number of aryl methyl sites for hydroxylation is 3. The van der Waals surface area contributed by atoms with Gasteiger partial charge in [-0.2, -0.15) is 0 Å². The van der Waals surface area contributed by atoms with Crippen LogP contribution in [0.2, 0.25) is 5.15 Å². The molecule has 0 saturated carbocycles. The molecule has 0 spiro atoms. The Balaban J connectivity index is 2.13. The molecule has 0 aliphatic rings. The molecule has 0 fully saturated rings. The lowest BCUT2D eigenvalue weighted by Gasteiger charge is -2.09. The summed E-state index contributed by atoms with van der Waals surface area (Å²) in [5, 5.41) is 0.446. The van der Waals surface area contributed by atoms with Gasteiger partial charge in [0.25, 0.3) is 0 Å². The van der Waals surface area contributed by atoms with Gasteiger partial charge in [0.05, 0.1) is 0 Å². The second-order valence-corrected chi connectivity index (χ2v) is 4.69. The number of benzene rings is 1. The smallest absolute Gasteiger partial charge is 0.167 e. The van der Waals surface area contributed by atoms with Gasteiger partial charge < -0.3 is 4.74 Å². The number of ether oxygens (including phenoxy) is 1. The molecule has 0 bridgehead atoms. The fraction of sp³-hybridized carbons (Fsp3) is 0.286. The maximum absolute atomic E-state index is 5.88. The van der Waals surface area contributed by atoms with Crippen molar-refractivity contribution >= 4 is 11.6 Å². The fourth-order valence-electron chi connectivity index (χ4n) is 1.66. The van der Waals surface area contributed by atoms with Gasteiger partial charge in [-0.15, -0.1) is 0 Å². The van der Waals surface area contributed by atoms with Gasteiger partial charge in [0.2, 0.25) is 0 Å². The Kier molecular flexibility index (Phi) is 3.82. The molecule has 18 heavy (non-hydrogen) atoms. The highest BCUT2D eigenvalue weighted by molar-refractivity contribution is 6.29. The van der Waals surface area contributed by atoms with E-state index in [1.165, 1.54) is 5.56 Å². The maximum Gasteiger partial charge on any atom is 0.167 e. The van der Waals surface area contributed by atoms with E-state index in [2.05, 4.69) is 16.0 Å². The van der Waals surface area contributed by atoms with Gasteiger partial charge in [-0.25, -0.2) is 9.97 Å². The molecular weight excluding hydrogens is 248 g/mol. The number of rotatable bonds is 3. The van der Waals surface area contributed by atoms with Crippen molar-refractivity contribution in [2.24, 2.45) is 0 Å². The first-order chi connectivity index (χ1) is 8.54. The second-order valence-electron chi connectivity index (χ2n) is 4.31. The van der Waals surface area contributed by atoms with Crippen LogP contribution in [0.5, 0.6) is 5.75 Å². The van der Waals surface area contributed by atoms with Gasteiger partial charge >= 0.3 is 0 Å². The average Bonchev–Trinajstić information content (AvgIpc) is 2.29. The zero-order chi connectivity index (χ0) is 13.1. The monoisotopic (exact) mass is 262 g/mol. The summed E-state index contributed by atoms with van der Waals surface area (Å²) >= 11 is 5.88. The van der Waals surface area contributed by atoms with E-state index in [9.17, 15) is 0 Å². The van der Waals surface area contributed by atoms with Gasteiger partial charge in [0, 0.05) is 5.69 Å². The van der Waals surface area contributed by atoms with E-state index >= 15 is 0 Å². The Labute approximate surface area is 112 Å². The van der Waals surface area contributed by atoms with Crippen LogP contribution in [-0.4, -0.2) is 9.97 Å². The Morgan fingerprint density at radius 2 is 1.89 bits per heavy atom. The molecule has 0 amide bonds. The van der Waals surface area contributed by atoms with Gasteiger partial charge in [-0.05, 0) is 44.0 Å². The summed E-state index contributed by atoms with van der Waals surface area (Å²) in [5.41, 5.74) is 3.10. The Bertz CT molecular complexity index is 549. The molecule has 0 saturated heterocycles. The van der Waals surface area contributed by atoms with Crippen molar-refractivity contribution in [1.82, 2.24) is 9.97 Å².